The van der Waals surface area contributed by atoms with E-state index in [4.69, 9.17) is 0 Å². The van der Waals surface area contributed by atoms with Crippen molar-refractivity contribution in [3.8, 4) is 0 Å². The molecule has 1 aromatic rings. The summed E-state index contributed by atoms with van der Waals surface area (Å²) in [6, 6.07) is 0.719. The molecule has 0 saturated heterocycles. The van der Waals surface area contributed by atoms with Crippen LogP contribution in [0.5, 0.6) is 0 Å². The summed E-state index contributed by atoms with van der Waals surface area (Å²) in [5.41, 5.74) is 1.29. The zero-order chi connectivity index (χ0) is 9.97. The average Bonchev–Trinajstić information content (AvgIpc) is 2.76. The molecule has 0 amide bonds. The summed E-state index contributed by atoms with van der Waals surface area (Å²) in [6.07, 6.45) is 5.24. The van der Waals surface area contributed by atoms with Crippen LogP contribution in [0.1, 0.15) is 30.0 Å². The first-order chi connectivity index (χ1) is 6.79. The fourth-order valence-corrected chi connectivity index (χ4v) is 3.06. The van der Waals surface area contributed by atoms with Gasteiger partial charge in [-0.1, -0.05) is 6.42 Å². The molecule has 0 spiro atoms. The Morgan fingerprint density at radius 1 is 1.57 bits per heavy atom. The Hall–Kier alpha value is -0.410. The number of hydrogen-bond acceptors (Lipinski definition) is 3. The molecule has 1 saturated carbocycles. The highest BCUT2D eigenvalue weighted by Crippen LogP contribution is 2.28. The SMILES string of the molecule is CNC1CCCC1Cc1csc(C)n1. The van der Waals surface area contributed by atoms with E-state index in [-0.39, 0.29) is 0 Å². The average molecular weight is 210 g/mol. The van der Waals surface area contributed by atoms with Crippen molar-refractivity contribution in [3.05, 3.63) is 16.1 Å². The van der Waals surface area contributed by atoms with E-state index in [0.29, 0.717) is 0 Å². The van der Waals surface area contributed by atoms with Gasteiger partial charge in [0.25, 0.3) is 0 Å². The van der Waals surface area contributed by atoms with Crippen molar-refractivity contribution < 1.29 is 0 Å². The molecule has 2 rings (SSSR count). The summed E-state index contributed by atoms with van der Waals surface area (Å²) in [7, 11) is 2.08. The van der Waals surface area contributed by atoms with Crippen molar-refractivity contribution in [3.63, 3.8) is 0 Å². The van der Waals surface area contributed by atoms with Gasteiger partial charge in [0.2, 0.25) is 0 Å². The molecule has 0 aliphatic heterocycles. The van der Waals surface area contributed by atoms with Crippen LogP contribution in [0.4, 0.5) is 0 Å². The Bertz CT molecular complexity index is 295. The van der Waals surface area contributed by atoms with Crippen LogP contribution in [-0.2, 0) is 6.42 Å². The van der Waals surface area contributed by atoms with Gasteiger partial charge < -0.3 is 5.32 Å². The van der Waals surface area contributed by atoms with E-state index in [1.54, 1.807) is 11.3 Å². The fraction of sp³-hybridized carbons (Fsp3) is 0.727. The first-order valence-corrected chi connectivity index (χ1v) is 6.26. The second kappa shape index (κ2) is 4.41. The van der Waals surface area contributed by atoms with Gasteiger partial charge in [0.05, 0.1) is 10.7 Å². The lowest BCUT2D eigenvalue weighted by Crippen LogP contribution is -2.30. The minimum atomic E-state index is 0.719. The van der Waals surface area contributed by atoms with Crippen molar-refractivity contribution in [2.75, 3.05) is 7.05 Å². The molecule has 0 bridgehead atoms. The van der Waals surface area contributed by atoms with E-state index in [2.05, 4.69) is 29.7 Å². The van der Waals surface area contributed by atoms with E-state index in [0.717, 1.165) is 18.4 Å². The molecule has 0 aromatic carbocycles. The van der Waals surface area contributed by atoms with E-state index in [1.165, 1.54) is 30.0 Å². The minimum absolute atomic E-state index is 0.719. The number of nitrogens with zero attached hydrogens (tertiary/aromatic N) is 1. The second-order valence-corrected chi connectivity index (χ2v) is 5.21. The zero-order valence-corrected chi connectivity index (χ0v) is 9.73. The van der Waals surface area contributed by atoms with Gasteiger partial charge in [-0.3, -0.25) is 0 Å². The normalized spacial score (nSPS) is 27.0. The molecule has 2 atom stereocenters. The smallest absolute Gasteiger partial charge is 0.0897 e. The van der Waals surface area contributed by atoms with Gasteiger partial charge in [0.15, 0.2) is 0 Å². The van der Waals surface area contributed by atoms with E-state index >= 15 is 0 Å². The number of hydrogen-bond donors (Lipinski definition) is 1. The van der Waals surface area contributed by atoms with E-state index < -0.39 is 0 Å². The largest absolute Gasteiger partial charge is 0.317 e. The van der Waals surface area contributed by atoms with Gasteiger partial charge in [0.1, 0.15) is 0 Å². The van der Waals surface area contributed by atoms with Crippen molar-refractivity contribution >= 4 is 11.3 Å². The maximum absolute atomic E-state index is 4.53. The third kappa shape index (κ3) is 2.15. The Kier molecular flexibility index (Phi) is 3.19. The molecule has 2 nitrogen and oxygen atoms in total. The Labute approximate surface area is 89.8 Å². The van der Waals surface area contributed by atoms with Gasteiger partial charge in [-0.05, 0) is 39.2 Å². The van der Waals surface area contributed by atoms with Gasteiger partial charge >= 0.3 is 0 Å². The van der Waals surface area contributed by atoms with Crippen molar-refractivity contribution in [1.82, 2.24) is 10.3 Å². The number of aryl methyl sites for hydroxylation is 1. The fourth-order valence-electron chi connectivity index (χ4n) is 2.43. The van der Waals surface area contributed by atoms with Gasteiger partial charge in [-0.25, -0.2) is 4.98 Å². The summed E-state index contributed by atoms with van der Waals surface area (Å²) in [5, 5.41) is 6.82. The maximum atomic E-state index is 4.53. The molecule has 14 heavy (non-hydrogen) atoms. The van der Waals surface area contributed by atoms with Crippen LogP contribution in [0, 0.1) is 12.8 Å². The van der Waals surface area contributed by atoms with Crippen LogP contribution >= 0.6 is 11.3 Å². The lowest BCUT2D eigenvalue weighted by molar-refractivity contribution is 0.421. The molecule has 0 radical (unpaired) electrons. The van der Waals surface area contributed by atoms with Crippen LogP contribution in [0.15, 0.2) is 5.38 Å². The van der Waals surface area contributed by atoms with Crippen LogP contribution in [0.3, 0.4) is 0 Å². The summed E-state index contributed by atoms with van der Waals surface area (Å²) >= 11 is 1.77. The van der Waals surface area contributed by atoms with Crippen LogP contribution in [0.2, 0.25) is 0 Å². The quantitative estimate of drug-likeness (QED) is 0.828. The zero-order valence-electron chi connectivity index (χ0n) is 8.92. The number of rotatable bonds is 3. The molecule has 1 aliphatic carbocycles. The first kappa shape index (κ1) is 10.1. The summed E-state index contributed by atoms with van der Waals surface area (Å²) in [6.45, 7) is 2.08. The van der Waals surface area contributed by atoms with Crippen LogP contribution < -0.4 is 5.32 Å². The molecule has 1 aliphatic rings. The second-order valence-electron chi connectivity index (χ2n) is 4.15. The van der Waals surface area contributed by atoms with E-state index in [9.17, 15) is 0 Å². The van der Waals surface area contributed by atoms with Crippen LogP contribution in [0.25, 0.3) is 0 Å². The Morgan fingerprint density at radius 2 is 2.43 bits per heavy atom. The molecule has 1 aromatic heterocycles. The molecule has 2 unspecified atom stereocenters. The van der Waals surface area contributed by atoms with Gasteiger partial charge in [-0.15, -0.1) is 11.3 Å². The first-order valence-electron chi connectivity index (χ1n) is 5.38. The van der Waals surface area contributed by atoms with Crippen LogP contribution in [-0.4, -0.2) is 18.1 Å². The molecule has 1 fully saturated rings. The lowest BCUT2D eigenvalue weighted by atomic mass is 9.98. The van der Waals surface area contributed by atoms with E-state index in [1.807, 2.05) is 0 Å². The molecular formula is C11H18N2S. The highest BCUT2D eigenvalue weighted by Gasteiger charge is 2.26. The van der Waals surface area contributed by atoms with Gasteiger partial charge in [-0.2, -0.15) is 0 Å². The highest BCUT2D eigenvalue weighted by atomic mass is 32.1. The molecule has 1 N–H and O–H groups in total. The van der Waals surface area contributed by atoms with Gasteiger partial charge in [0, 0.05) is 11.4 Å². The number of thiazole rings is 1. The minimum Gasteiger partial charge on any atom is -0.317 e. The maximum Gasteiger partial charge on any atom is 0.0897 e. The number of aromatic nitrogens is 1. The summed E-state index contributed by atoms with van der Waals surface area (Å²) in [5.74, 6) is 0.807. The highest BCUT2D eigenvalue weighted by molar-refractivity contribution is 7.09. The molecule has 78 valence electrons. The standard InChI is InChI=1S/C11H18N2S/c1-8-13-10(7-14-8)6-9-4-3-5-11(9)12-2/h7,9,11-12H,3-6H2,1-2H3. The lowest BCUT2D eigenvalue weighted by Gasteiger charge is -2.17. The number of nitrogens with one attached hydrogen (secondary N) is 1. The topological polar surface area (TPSA) is 24.9 Å². The monoisotopic (exact) mass is 210 g/mol. The van der Waals surface area contributed by atoms with Crippen molar-refractivity contribution in [1.29, 1.82) is 0 Å². The predicted octanol–water partition coefficient (Wildman–Crippen LogP) is 2.38. The molecule has 3 heteroatoms. The van der Waals surface area contributed by atoms with Crippen molar-refractivity contribution in [2.24, 2.45) is 5.92 Å². The van der Waals surface area contributed by atoms with Crippen molar-refractivity contribution in [2.45, 2.75) is 38.6 Å². The third-order valence-electron chi connectivity index (χ3n) is 3.17. The summed E-state index contributed by atoms with van der Waals surface area (Å²) < 4.78 is 0. The predicted molar refractivity (Wildman–Crippen MR) is 60.7 cm³/mol. The Morgan fingerprint density at radius 3 is 3.07 bits per heavy atom. The third-order valence-corrected chi connectivity index (χ3v) is 3.99. The molecular weight excluding hydrogens is 192 g/mol. The summed E-state index contributed by atoms with van der Waals surface area (Å²) in [4.78, 5) is 4.53. The Balaban J connectivity index is 1.96. The molecule has 1 heterocycles.